The van der Waals surface area contributed by atoms with Crippen LogP contribution in [0.3, 0.4) is 0 Å². The molecule has 3 aromatic heterocycles. The van der Waals surface area contributed by atoms with Crippen LogP contribution in [0.1, 0.15) is 11.4 Å². The van der Waals surface area contributed by atoms with Gasteiger partial charge in [-0.1, -0.05) is 78.9 Å². The Kier molecular flexibility index (Phi) is 6.54. The van der Waals surface area contributed by atoms with Crippen LogP contribution in [0.25, 0.3) is 72.0 Å². The highest BCUT2D eigenvalue weighted by Crippen LogP contribution is 2.46. The summed E-state index contributed by atoms with van der Waals surface area (Å²) in [5, 5.41) is 9.84. The van der Waals surface area contributed by atoms with E-state index in [0.29, 0.717) is 0 Å². The number of nitrogens with zero attached hydrogens (tertiary/aromatic N) is 4. The summed E-state index contributed by atoms with van der Waals surface area (Å²) in [6.45, 7) is 4.30. The van der Waals surface area contributed by atoms with Gasteiger partial charge in [0, 0.05) is 40.3 Å². The highest BCUT2D eigenvalue weighted by molar-refractivity contribution is 6.22. The zero-order valence-electron chi connectivity index (χ0n) is 25.1. The van der Waals surface area contributed by atoms with Crippen LogP contribution in [-0.2, 0) is 0 Å². The molecule has 45 heavy (non-hydrogen) atoms. The summed E-state index contributed by atoms with van der Waals surface area (Å²) in [7, 11) is 0. The average Bonchev–Trinajstić information content (AvgIpc) is 3.40. The number of pyridine rings is 2. The van der Waals surface area contributed by atoms with E-state index < -0.39 is 0 Å². The van der Waals surface area contributed by atoms with Gasteiger partial charge in [-0.25, -0.2) is 4.68 Å². The Hall–Kier alpha value is -5.87. The second-order valence-electron chi connectivity index (χ2n) is 11.4. The summed E-state index contributed by atoms with van der Waals surface area (Å²) in [6, 6.07) is 46.8. The fraction of sp³-hybridized carbons (Fsp3) is 0.0488. The third kappa shape index (κ3) is 4.59. The predicted molar refractivity (Wildman–Crippen MR) is 185 cm³/mol. The van der Waals surface area contributed by atoms with E-state index >= 15 is 0 Å². The van der Waals surface area contributed by atoms with E-state index in [9.17, 15) is 0 Å². The number of rotatable bonds is 5. The average molecular weight is 579 g/mol. The van der Waals surface area contributed by atoms with Gasteiger partial charge in [0.15, 0.2) is 0 Å². The maximum atomic E-state index is 5.04. The Morgan fingerprint density at radius 2 is 0.911 bits per heavy atom. The number of benzene rings is 5. The van der Waals surface area contributed by atoms with Crippen LogP contribution < -0.4 is 0 Å². The first kappa shape index (κ1) is 26.7. The summed E-state index contributed by atoms with van der Waals surface area (Å²) in [6.07, 6.45) is 3.70. The van der Waals surface area contributed by atoms with Gasteiger partial charge in [0.2, 0.25) is 0 Å². The van der Waals surface area contributed by atoms with Crippen molar-refractivity contribution in [2.45, 2.75) is 13.8 Å². The van der Waals surface area contributed by atoms with Crippen LogP contribution in [0, 0.1) is 13.8 Å². The molecule has 0 fully saturated rings. The first-order valence-electron chi connectivity index (χ1n) is 15.2. The molecular formula is C41H30N4. The maximum absolute atomic E-state index is 5.04. The summed E-state index contributed by atoms with van der Waals surface area (Å²) in [4.78, 5) is 9.43. The molecule has 3 heterocycles. The number of aryl methyl sites for hydroxylation is 1. The smallest absolute Gasteiger partial charge is 0.0702 e. The molecule has 0 spiro atoms. The zero-order valence-corrected chi connectivity index (χ0v) is 25.1. The lowest BCUT2D eigenvalue weighted by Crippen LogP contribution is -1.98. The van der Waals surface area contributed by atoms with E-state index in [-0.39, 0.29) is 0 Å². The van der Waals surface area contributed by atoms with Gasteiger partial charge in [0.05, 0.1) is 22.8 Å². The lowest BCUT2D eigenvalue weighted by atomic mass is 9.84. The van der Waals surface area contributed by atoms with E-state index in [2.05, 4.69) is 122 Å². The molecular weight excluding hydrogens is 548 g/mol. The van der Waals surface area contributed by atoms with Crippen LogP contribution in [0.5, 0.6) is 0 Å². The Labute approximate surface area is 262 Å². The van der Waals surface area contributed by atoms with Crippen LogP contribution >= 0.6 is 0 Å². The molecule has 0 saturated carbocycles. The number of para-hydroxylation sites is 1. The molecule has 0 amide bonds. The van der Waals surface area contributed by atoms with E-state index in [1.165, 1.54) is 38.2 Å². The second kappa shape index (κ2) is 11.0. The summed E-state index contributed by atoms with van der Waals surface area (Å²) in [5.41, 5.74) is 11.9. The SMILES string of the molecule is Cc1nn(-c2ccccc2)c(C)c1-c1c2ccccc2c(-c2cc(-c3ccccn3)cc(-c3ccccn3)c2)c2ccccc12. The molecule has 0 bridgehead atoms. The molecule has 0 atom stereocenters. The minimum Gasteiger partial charge on any atom is -0.256 e. The molecule has 8 aromatic rings. The lowest BCUT2D eigenvalue weighted by molar-refractivity contribution is 0.834. The number of hydrogen-bond acceptors (Lipinski definition) is 3. The van der Waals surface area contributed by atoms with Crippen molar-refractivity contribution in [2.24, 2.45) is 0 Å². The summed E-state index contributed by atoms with van der Waals surface area (Å²) < 4.78 is 2.07. The molecule has 4 heteroatoms. The van der Waals surface area contributed by atoms with Crippen molar-refractivity contribution in [1.82, 2.24) is 19.7 Å². The van der Waals surface area contributed by atoms with Crippen LogP contribution in [-0.4, -0.2) is 19.7 Å². The standard InChI is InChI=1S/C41H30N4/c1-27-39(28(2)45(44-27)32-14-4-3-5-15-32)41-35-18-8-6-16-33(35)40(34-17-7-9-19-36(34)41)31-25-29(37-20-10-12-22-42-37)24-30(26-31)38-21-11-13-23-43-38/h3-26H,1-2H3. The molecule has 5 aromatic carbocycles. The number of hydrogen-bond donors (Lipinski definition) is 0. The van der Waals surface area contributed by atoms with Crippen LogP contribution in [0.4, 0.5) is 0 Å². The highest BCUT2D eigenvalue weighted by Gasteiger charge is 2.22. The van der Waals surface area contributed by atoms with Crippen molar-refractivity contribution in [1.29, 1.82) is 0 Å². The van der Waals surface area contributed by atoms with Gasteiger partial charge >= 0.3 is 0 Å². The molecule has 0 saturated heterocycles. The third-order valence-corrected chi connectivity index (χ3v) is 8.62. The van der Waals surface area contributed by atoms with Crippen molar-refractivity contribution < 1.29 is 0 Å². The zero-order chi connectivity index (χ0) is 30.3. The summed E-state index contributed by atoms with van der Waals surface area (Å²) in [5.74, 6) is 0. The van der Waals surface area contributed by atoms with Gasteiger partial charge in [-0.3, -0.25) is 9.97 Å². The topological polar surface area (TPSA) is 43.6 Å². The molecule has 0 aliphatic rings. The van der Waals surface area contributed by atoms with Crippen molar-refractivity contribution >= 4 is 21.5 Å². The van der Waals surface area contributed by atoms with E-state index in [1.807, 2.05) is 42.7 Å². The van der Waals surface area contributed by atoms with E-state index in [4.69, 9.17) is 15.1 Å². The number of aromatic nitrogens is 4. The molecule has 214 valence electrons. The van der Waals surface area contributed by atoms with Crippen molar-refractivity contribution in [3.05, 3.63) is 157 Å². The first-order chi connectivity index (χ1) is 22.2. The molecule has 0 N–H and O–H groups in total. The highest BCUT2D eigenvalue weighted by atomic mass is 15.3. The predicted octanol–water partition coefficient (Wildman–Crippen LogP) is 10.3. The van der Waals surface area contributed by atoms with Gasteiger partial charge < -0.3 is 0 Å². The van der Waals surface area contributed by atoms with Crippen LogP contribution in [0.15, 0.2) is 146 Å². The lowest BCUT2D eigenvalue weighted by Gasteiger charge is -2.19. The van der Waals surface area contributed by atoms with Crippen molar-refractivity contribution in [2.75, 3.05) is 0 Å². The summed E-state index contributed by atoms with van der Waals surface area (Å²) >= 11 is 0. The van der Waals surface area contributed by atoms with E-state index in [1.54, 1.807) is 0 Å². The van der Waals surface area contributed by atoms with Gasteiger partial charge in [-0.15, -0.1) is 0 Å². The normalized spacial score (nSPS) is 11.3. The van der Waals surface area contributed by atoms with Crippen molar-refractivity contribution in [3.63, 3.8) is 0 Å². The molecule has 4 nitrogen and oxygen atoms in total. The monoisotopic (exact) mass is 578 g/mol. The molecule has 0 radical (unpaired) electrons. The van der Waals surface area contributed by atoms with Crippen molar-refractivity contribution in [3.8, 4) is 50.5 Å². The maximum Gasteiger partial charge on any atom is 0.0702 e. The fourth-order valence-electron chi connectivity index (χ4n) is 6.67. The largest absolute Gasteiger partial charge is 0.256 e. The third-order valence-electron chi connectivity index (χ3n) is 8.62. The molecule has 8 rings (SSSR count). The van der Waals surface area contributed by atoms with Gasteiger partial charge in [-0.2, -0.15) is 5.10 Å². The first-order valence-corrected chi connectivity index (χ1v) is 15.2. The molecule has 0 aliphatic heterocycles. The second-order valence-corrected chi connectivity index (χ2v) is 11.4. The van der Waals surface area contributed by atoms with Gasteiger partial charge in [-0.05, 0) is 101 Å². The Morgan fingerprint density at radius 1 is 0.444 bits per heavy atom. The minimum absolute atomic E-state index is 0.932. The quantitative estimate of drug-likeness (QED) is 0.191. The molecule has 0 aliphatic carbocycles. The van der Waals surface area contributed by atoms with Gasteiger partial charge in [0.25, 0.3) is 0 Å². The van der Waals surface area contributed by atoms with Gasteiger partial charge in [0.1, 0.15) is 0 Å². The number of fused-ring (bicyclic) bond motifs is 2. The Balaban J connectivity index is 1.45. The fourth-order valence-corrected chi connectivity index (χ4v) is 6.67. The van der Waals surface area contributed by atoms with E-state index in [0.717, 1.165) is 45.2 Å². The molecule has 0 unspecified atom stereocenters. The Morgan fingerprint density at radius 3 is 1.42 bits per heavy atom. The Bertz CT molecular complexity index is 2210. The minimum atomic E-state index is 0.932. The van der Waals surface area contributed by atoms with Crippen LogP contribution in [0.2, 0.25) is 0 Å².